The maximum Gasteiger partial charge on any atom is 0.0197 e. The Balaban J connectivity index is 2.12. The number of nitrogens with one attached hydrogen (secondary N) is 1. The fraction of sp³-hybridized carbons (Fsp3) is 0.714. The molecule has 0 radical (unpaired) electrons. The average Bonchev–Trinajstić information content (AvgIpc) is 2.68. The van der Waals surface area contributed by atoms with Gasteiger partial charge < -0.3 is 5.32 Å². The van der Waals surface area contributed by atoms with Crippen LogP contribution in [-0.2, 0) is 5.41 Å². The fourth-order valence-corrected chi connectivity index (χ4v) is 3.55. The molecule has 2 atom stereocenters. The van der Waals surface area contributed by atoms with Crippen LogP contribution in [0.15, 0.2) is 17.5 Å². The van der Waals surface area contributed by atoms with Crippen molar-refractivity contribution in [3.8, 4) is 0 Å². The van der Waals surface area contributed by atoms with Crippen LogP contribution in [0.4, 0.5) is 0 Å². The minimum atomic E-state index is 0.222. The highest BCUT2D eigenvalue weighted by molar-refractivity contribution is 7.10. The second-order valence-corrected chi connectivity index (χ2v) is 7.12. The lowest BCUT2D eigenvalue weighted by atomic mass is 9.60. The summed E-state index contributed by atoms with van der Waals surface area (Å²) < 4.78 is 0. The predicted octanol–water partition coefficient (Wildman–Crippen LogP) is 3.80. The van der Waals surface area contributed by atoms with E-state index in [1.807, 2.05) is 11.3 Å². The minimum absolute atomic E-state index is 0.222. The van der Waals surface area contributed by atoms with E-state index in [2.05, 4.69) is 50.5 Å². The molecule has 16 heavy (non-hydrogen) atoms. The van der Waals surface area contributed by atoms with Crippen molar-refractivity contribution >= 4 is 11.3 Å². The molecule has 0 aliphatic heterocycles. The Morgan fingerprint density at radius 1 is 1.50 bits per heavy atom. The van der Waals surface area contributed by atoms with Gasteiger partial charge in [0, 0.05) is 22.4 Å². The van der Waals surface area contributed by atoms with Crippen molar-refractivity contribution in [1.82, 2.24) is 5.32 Å². The highest BCUT2D eigenvalue weighted by atomic mass is 32.1. The summed E-state index contributed by atoms with van der Waals surface area (Å²) in [7, 11) is 0. The molecular formula is C14H23NS. The van der Waals surface area contributed by atoms with Gasteiger partial charge in [0.05, 0.1) is 0 Å². The first kappa shape index (κ1) is 12.1. The molecule has 2 unspecified atom stereocenters. The molecule has 1 N–H and O–H groups in total. The lowest BCUT2D eigenvalue weighted by Gasteiger charge is -2.49. The summed E-state index contributed by atoms with van der Waals surface area (Å²) in [5, 5.41) is 5.90. The predicted molar refractivity (Wildman–Crippen MR) is 72.2 cm³/mol. The maximum absolute atomic E-state index is 3.69. The molecule has 0 bridgehead atoms. The summed E-state index contributed by atoms with van der Waals surface area (Å²) in [6, 6.07) is 4.49. The monoisotopic (exact) mass is 237 g/mol. The molecule has 1 nitrogen and oxygen atoms in total. The van der Waals surface area contributed by atoms with Crippen molar-refractivity contribution in [2.45, 2.75) is 51.5 Å². The third-order valence-corrected chi connectivity index (χ3v) is 5.00. The zero-order valence-electron chi connectivity index (χ0n) is 10.8. The lowest BCUT2D eigenvalue weighted by Crippen LogP contribution is -2.53. The largest absolute Gasteiger partial charge is 0.311 e. The molecule has 1 aliphatic carbocycles. The molecule has 1 aromatic rings. The standard InChI is InChI=1S/C14H23NS/c1-11-7-8-14(11,10-15-13(2,3)4)12-6-5-9-16-12/h5-6,9,11,15H,7-8,10H2,1-4H3. The summed E-state index contributed by atoms with van der Waals surface area (Å²) in [4.78, 5) is 1.57. The zero-order chi connectivity index (χ0) is 11.8. The van der Waals surface area contributed by atoms with E-state index in [9.17, 15) is 0 Å². The van der Waals surface area contributed by atoms with Gasteiger partial charge in [0.15, 0.2) is 0 Å². The molecule has 1 aromatic heterocycles. The van der Waals surface area contributed by atoms with Crippen LogP contribution in [0.2, 0.25) is 0 Å². The first-order chi connectivity index (χ1) is 7.44. The first-order valence-electron chi connectivity index (χ1n) is 6.23. The Bertz CT molecular complexity index is 336. The fourth-order valence-electron chi connectivity index (χ4n) is 2.48. The zero-order valence-corrected chi connectivity index (χ0v) is 11.7. The summed E-state index contributed by atoms with van der Waals surface area (Å²) >= 11 is 1.92. The van der Waals surface area contributed by atoms with Crippen LogP contribution in [0.5, 0.6) is 0 Å². The Morgan fingerprint density at radius 2 is 2.25 bits per heavy atom. The Labute approximate surface area is 103 Å². The molecule has 2 heteroatoms. The van der Waals surface area contributed by atoms with Gasteiger partial charge in [-0.05, 0) is 51.0 Å². The molecule has 1 fully saturated rings. The van der Waals surface area contributed by atoms with E-state index < -0.39 is 0 Å². The van der Waals surface area contributed by atoms with E-state index in [-0.39, 0.29) is 5.54 Å². The molecule has 0 aromatic carbocycles. The quantitative estimate of drug-likeness (QED) is 0.843. The highest BCUT2D eigenvalue weighted by Crippen LogP contribution is 2.49. The van der Waals surface area contributed by atoms with Crippen LogP contribution in [0.3, 0.4) is 0 Å². The van der Waals surface area contributed by atoms with E-state index in [0.29, 0.717) is 5.41 Å². The van der Waals surface area contributed by atoms with E-state index in [1.54, 1.807) is 4.88 Å². The van der Waals surface area contributed by atoms with Gasteiger partial charge in [-0.15, -0.1) is 11.3 Å². The minimum Gasteiger partial charge on any atom is -0.311 e. The van der Waals surface area contributed by atoms with Gasteiger partial charge in [-0.2, -0.15) is 0 Å². The molecule has 1 aliphatic rings. The summed E-state index contributed by atoms with van der Waals surface area (Å²) in [6.07, 6.45) is 2.72. The topological polar surface area (TPSA) is 12.0 Å². The lowest BCUT2D eigenvalue weighted by molar-refractivity contribution is 0.128. The summed E-state index contributed by atoms with van der Waals surface area (Å²) in [5.41, 5.74) is 0.640. The molecule has 0 amide bonds. The summed E-state index contributed by atoms with van der Waals surface area (Å²) in [5.74, 6) is 0.820. The van der Waals surface area contributed by atoms with Crippen molar-refractivity contribution in [3.05, 3.63) is 22.4 Å². The van der Waals surface area contributed by atoms with Crippen LogP contribution < -0.4 is 5.32 Å². The Kier molecular flexibility index (Phi) is 3.15. The van der Waals surface area contributed by atoms with Gasteiger partial charge in [0.1, 0.15) is 0 Å². The van der Waals surface area contributed by atoms with E-state index in [0.717, 1.165) is 12.5 Å². The third kappa shape index (κ3) is 2.18. The van der Waals surface area contributed by atoms with Gasteiger partial charge in [-0.1, -0.05) is 13.0 Å². The number of hydrogen-bond acceptors (Lipinski definition) is 2. The number of rotatable bonds is 3. The second kappa shape index (κ2) is 4.15. The van der Waals surface area contributed by atoms with Crippen molar-refractivity contribution < 1.29 is 0 Å². The Hall–Kier alpha value is -0.340. The second-order valence-electron chi connectivity index (χ2n) is 6.18. The normalized spacial score (nSPS) is 30.1. The smallest absolute Gasteiger partial charge is 0.0197 e. The van der Waals surface area contributed by atoms with Crippen LogP contribution >= 0.6 is 11.3 Å². The van der Waals surface area contributed by atoms with Gasteiger partial charge in [0.2, 0.25) is 0 Å². The average molecular weight is 237 g/mol. The number of thiophene rings is 1. The highest BCUT2D eigenvalue weighted by Gasteiger charge is 2.46. The van der Waals surface area contributed by atoms with Crippen LogP contribution in [-0.4, -0.2) is 12.1 Å². The van der Waals surface area contributed by atoms with Gasteiger partial charge >= 0.3 is 0 Å². The van der Waals surface area contributed by atoms with Crippen molar-refractivity contribution in [3.63, 3.8) is 0 Å². The number of hydrogen-bond donors (Lipinski definition) is 1. The molecule has 1 heterocycles. The molecule has 0 spiro atoms. The van der Waals surface area contributed by atoms with Gasteiger partial charge in [-0.25, -0.2) is 0 Å². The molecular weight excluding hydrogens is 214 g/mol. The Morgan fingerprint density at radius 3 is 2.62 bits per heavy atom. The van der Waals surface area contributed by atoms with E-state index >= 15 is 0 Å². The van der Waals surface area contributed by atoms with E-state index in [1.165, 1.54) is 12.8 Å². The van der Waals surface area contributed by atoms with Crippen LogP contribution in [0, 0.1) is 5.92 Å². The summed E-state index contributed by atoms with van der Waals surface area (Å²) in [6.45, 7) is 10.3. The SMILES string of the molecule is CC1CCC1(CNC(C)(C)C)c1cccs1. The van der Waals surface area contributed by atoms with Crippen molar-refractivity contribution in [2.75, 3.05) is 6.54 Å². The maximum atomic E-state index is 3.69. The van der Waals surface area contributed by atoms with Gasteiger partial charge in [-0.3, -0.25) is 0 Å². The van der Waals surface area contributed by atoms with Crippen LogP contribution in [0.25, 0.3) is 0 Å². The van der Waals surface area contributed by atoms with E-state index in [4.69, 9.17) is 0 Å². The van der Waals surface area contributed by atoms with Gasteiger partial charge in [0.25, 0.3) is 0 Å². The molecule has 90 valence electrons. The molecule has 2 rings (SSSR count). The van der Waals surface area contributed by atoms with Crippen molar-refractivity contribution in [2.24, 2.45) is 5.92 Å². The first-order valence-corrected chi connectivity index (χ1v) is 7.11. The molecule has 1 saturated carbocycles. The van der Waals surface area contributed by atoms with Crippen LogP contribution in [0.1, 0.15) is 45.4 Å². The third-order valence-electron chi connectivity index (χ3n) is 3.91. The molecule has 0 saturated heterocycles. The van der Waals surface area contributed by atoms with Crippen molar-refractivity contribution in [1.29, 1.82) is 0 Å².